The third kappa shape index (κ3) is 1.64. The predicted molar refractivity (Wildman–Crippen MR) is 44.7 cm³/mol. The molecule has 1 aromatic rings. The number of halogens is 3. The lowest BCUT2D eigenvalue weighted by Gasteiger charge is -2.07. The average Bonchev–Trinajstić information content (AvgIpc) is 2.00. The number of aliphatic hydroxyl groups is 1. The summed E-state index contributed by atoms with van der Waals surface area (Å²) in [6.45, 7) is 1.42. The molecule has 12 heavy (non-hydrogen) atoms. The maximum absolute atomic E-state index is 13.1. The fourth-order valence-corrected chi connectivity index (χ4v) is 1.22. The van der Waals surface area contributed by atoms with Crippen LogP contribution in [0.1, 0.15) is 18.6 Å². The van der Waals surface area contributed by atoms with Gasteiger partial charge in [-0.25, -0.2) is 8.78 Å². The van der Waals surface area contributed by atoms with Crippen LogP contribution in [0.4, 0.5) is 8.78 Å². The van der Waals surface area contributed by atoms with E-state index in [1.54, 1.807) is 0 Å². The van der Waals surface area contributed by atoms with E-state index in [0.717, 1.165) is 6.07 Å². The summed E-state index contributed by atoms with van der Waals surface area (Å²) in [5, 5.41) is 9.04. The fraction of sp³-hybridized carbons (Fsp3) is 0.250. The molecule has 1 rings (SSSR count). The lowest BCUT2D eigenvalue weighted by molar-refractivity contribution is 0.193. The third-order valence-corrected chi connectivity index (χ3v) is 2.24. The minimum absolute atomic E-state index is 0.0864. The van der Waals surface area contributed by atoms with Crippen molar-refractivity contribution in [1.82, 2.24) is 0 Å². The lowest BCUT2D eigenvalue weighted by Crippen LogP contribution is -1.97. The van der Waals surface area contributed by atoms with Crippen molar-refractivity contribution < 1.29 is 13.9 Å². The van der Waals surface area contributed by atoms with Crippen LogP contribution < -0.4 is 0 Å². The molecular formula is C8H7BrF2O. The highest BCUT2D eigenvalue weighted by Crippen LogP contribution is 2.25. The van der Waals surface area contributed by atoms with E-state index in [-0.39, 0.29) is 10.0 Å². The lowest BCUT2D eigenvalue weighted by atomic mass is 10.1. The minimum atomic E-state index is -0.929. The van der Waals surface area contributed by atoms with Crippen LogP contribution in [0.25, 0.3) is 0 Å². The summed E-state index contributed by atoms with van der Waals surface area (Å²) >= 11 is 2.74. The summed E-state index contributed by atoms with van der Waals surface area (Å²) in [6, 6.07) is 2.33. The molecule has 0 aliphatic rings. The van der Waals surface area contributed by atoms with E-state index in [1.165, 1.54) is 13.0 Å². The maximum Gasteiger partial charge on any atom is 0.146 e. The average molecular weight is 237 g/mol. The van der Waals surface area contributed by atoms with Gasteiger partial charge in [0.15, 0.2) is 0 Å². The highest BCUT2D eigenvalue weighted by atomic mass is 79.9. The third-order valence-electron chi connectivity index (χ3n) is 1.52. The van der Waals surface area contributed by atoms with Crippen LogP contribution in [0.3, 0.4) is 0 Å². The molecule has 1 aromatic carbocycles. The fourth-order valence-electron chi connectivity index (χ4n) is 0.863. The van der Waals surface area contributed by atoms with Gasteiger partial charge in [0.2, 0.25) is 0 Å². The van der Waals surface area contributed by atoms with Crippen molar-refractivity contribution in [2.75, 3.05) is 0 Å². The summed E-state index contributed by atoms with van der Waals surface area (Å²) < 4.78 is 25.5. The second kappa shape index (κ2) is 3.49. The van der Waals surface area contributed by atoms with Crippen molar-refractivity contribution in [3.05, 3.63) is 33.8 Å². The summed E-state index contributed by atoms with van der Waals surface area (Å²) in [6.07, 6.45) is -0.929. The van der Waals surface area contributed by atoms with Gasteiger partial charge in [0.1, 0.15) is 11.6 Å². The molecule has 0 bridgehead atoms. The van der Waals surface area contributed by atoms with Crippen molar-refractivity contribution in [1.29, 1.82) is 0 Å². The van der Waals surface area contributed by atoms with Gasteiger partial charge in [-0.3, -0.25) is 0 Å². The first-order valence-electron chi connectivity index (χ1n) is 3.35. The molecule has 0 aliphatic heterocycles. The van der Waals surface area contributed by atoms with Gasteiger partial charge in [-0.15, -0.1) is 0 Å². The van der Waals surface area contributed by atoms with Crippen LogP contribution in [0.15, 0.2) is 16.6 Å². The first-order valence-corrected chi connectivity index (χ1v) is 4.14. The van der Waals surface area contributed by atoms with Crippen molar-refractivity contribution in [3.63, 3.8) is 0 Å². The van der Waals surface area contributed by atoms with Crippen LogP contribution in [0.2, 0.25) is 0 Å². The van der Waals surface area contributed by atoms with Gasteiger partial charge >= 0.3 is 0 Å². The zero-order valence-electron chi connectivity index (χ0n) is 6.31. The number of benzene rings is 1. The molecule has 1 nitrogen and oxygen atoms in total. The Morgan fingerprint density at radius 3 is 2.50 bits per heavy atom. The number of hydrogen-bond acceptors (Lipinski definition) is 1. The highest BCUT2D eigenvalue weighted by molar-refractivity contribution is 9.10. The molecule has 1 N–H and O–H groups in total. The van der Waals surface area contributed by atoms with Gasteiger partial charge in [-0.2, -0.15) is 0 Å². The van der Waals surface area contributed by atoms with E-state index in [0.29, 0.717) is 0 Å². The van der Waals surface area contributed by atoms with Gasteiger partial charge in [-0.1, -0.05) is 6.07 Å². The van der Waals surface area contributed by atoms with Crippen molar-refractivity contribution in [2.45, 2.75) is 13.0 Å². The molecule has 0 spiro atoms. The topological polar surface area (TPSA) is 20.2 Å². The van der Waals surface area contributed by atoms with Crippen LogP contribution in [-0.2, 0) is 0 Å². The monoisotopic (exact) mass is 236 g/mol. The van der Waals surface area contributed by atoms with Crippen LogP contribution in [-0.4, -0.2) is 5.11 Å². The Kier molecular flexibility index (Phi) is 2.80. The quantitative estimate of drug-likeness (QED) is 0.744. The van der Waals surface area contributed by atoms with Crippen molar-refractivity contribution >= 4 is 15.9 Å². The van der Waals surface area contributed by atoms with Crippen LogP contribution >= 0.6 is 15.9 Å². The van der Waals surface area contributed by atoms with E-state index in [2.05, 4.69) is 15.9 Å². The second-order valence-electron chi connectivity index (χ2n) is 2.44. The molecule has 1 atom stereocenters. The molecule has 0 aromatic heterocycles. The molecule has 0 fully saturated rings. The molecule has 0 aliphatic carbocycles. The Hall–Kier alpha value is -0.480. The Morgan fingerprint density at radius 1 is 1.42 bits per heavy atom. The molecule has 0 saturated heterocycles. The Bertz CT molecular complexity index is 299. The van der Waals surface area contributed by atoms with E-state index in [9.17, 15) is 8.78 Å². The number of rotatable bonds is 1. The molecule has 0 heterocycles. The zero-order chi connectivity index (χ0) is 9.30. The van der Waals surface area contributed by atoms with Gasteiger partial charge in [-0.05, 0) is 28.9 Å². The summed E-state index contributed by atoms with van der Waals surface area (Å²) in [5.74, 6) is -1.41. The van der Waals surface area contributed by atoms with Gasteiger partial charge in [0.05, 0.1) is 10.6 Å². The number of hydrogen-bond donors (Lipinski definition) is 1. The minimum Gasteiger partial charge on any atom is -0.389 e. The largest absolute Gasteiger partial charge is 0.389 e. The van der Waals surface area contributed by atoms with Crippen LogP contribution in [0, 0.1) is 11.6 Å². The summed E-state index contributed by atoms with van der Waals surface area (Å²) in [4.78, 5) is 0. The SMILES string of the molecule is CC(O)c1ccc(F)c(Br)c1F. The van der Waals surface area contributed by atoms with Gasteiger partial charge < -0.3 is 5.11 Å². The van der Waals surface area contributed by atoms with Gasteiger partial charge in [0.25, 0.3) is 0 Å². The maximum atomic E-state index is 13.1. The highest BCUT2D eigenvalue weighted by Gasteiger charge is 2.13. The standard InChI is InChI=1S/C8H7BrF2O/c1-4(12)5-2-3-6(10)7(9)8(5)11/h2-4,12H,1H3. The van der Waals surface area contributed by atoms with E-state index in [4.69, 9.17) is 5.11 Å². The predicted octanol–water partition coefficient (Wildman–Crippen LogP) is 2.78. The molecule has 1 unspecified atom stereocenters. The number of aliphatic hydroxyl groups excluding tert-OH is 1. The summed E-state index contributed by atoms with van der Waals surface area (Å²) in [7, 11) is 0. The molecule has 0 radical (unpaired) electrons. The first kappa shape index (κ1) is 9.61. The molecule has 66 valence electrons. The Balaban J connectivity index is 3.27. The van der Waals surface area contributed by atoms with Gasteiger partial charge in [0, 0.05) is 5.56 Å². The summed E-state index contributed by atoms with van der Waals surface area (Å²) in [5.41, 5.74) is 0.0864. The molecular weight excluding hydrogens is 230 g/mol. The molecule has 0 saturated carbocycles. The van der Waals surface area contributed by atoms with E-state index < -0.39 is 17.7 Å². The van der Waals surface area contributed by atoms with Crippen molar-refractivity contribution in [2.24, 2.45) is 0 Å². The van der Waals surface area contributed by atoms with Crippen LogP contribution in [0.5, 0.6) is 0 Å². The van der Waals surface area contributed by atoms with E-state index in [1.807, 2.05) is 0 Å². The molecule has 4 heteroatoms. The molecule has 0 amide bonds. The normalized spacial score (nSPS) is 13.1. The van der Waals surface area contributed by atoms with Crippen molar-refractivity contribution in [3.8, 4) is 0 Å². The smallest absolute Gasteiger partial charge is 0.146 e. The zero-order valence-corrected chi connectivity index (χ0v) is 7.90. The second-order valence-corrected chi connectivity index (χ2v) is 3.23. The van der Waals surface area contributed by atoms with E-state index >= 15 is 0 Å². The Morgan fingerprint density at radius 2 is 2.00 bits per heavy atom. The first-order chi connectivity index (χ1) is 5.54. The Labute approximate surface area is 77.2 Å².